The summed E-state index contributed by atoms with van der Waals surface area (Å²) in [6.07, 6.45) is -2.67. The van der Waals surface area contributed by atoms with E-state index in [1.165, 1.54) is 0 Å². The molecule has 2 aliphatic carbocycles. The van der Waals surface area contributed by atoms with Crippen molar-refractivity contribution in [3.8, 4) is 11.5 Å². The number of aromatic hydroxyl groups is 1. The van der Waals surface area contributed by atoms with Crippen LogP contribution in [0.25, 0.3) is 0 Å². The van der Waals surface area contributed by atoms with Crippen LogP contribution < -0.4 is 4.74 Å². The molecule has 1 saturated carbocycles. The van der Waals surface area contributed by atoms with Crippen molar-refractivity contribution in [1.29, 1.82) is 0 Å². The van der Waals surface area contributed by atoms with Gasteiger partial charge >= 0.3 is 12.3 Å². The van der Waals surface area contributed by atoms with Gasteiger partial charge in [0.1, 0.15) is 11.5 Å². The fourth-order valence-corrected chi connectivity index (χ4v) is 8.49. The number of nitrogens with zero attached hydrogens (tertiary/aromatic N) is 2. The molecular formula is C28H26BrCl2F3N2O8. The van der Waals surface area contributed by atoms with Gasteiger partial charge < -0.3 is 14.9 Å². The van der Waals surface area contributed by atoms with Crippen molar-refractivity contribution in [3.05, 3.63) is 35.4 Å². The third kappa shape index (κ3) is 5.06. The molecule has 4 amide bonds. The Morgan fingerprint density at radius 3 is 2.39 bits per heavy atom. The Bertz CT molecular complexity index is 1470. The number of carboxylic acid groups (broad SMARTS) is 1. The van der Waals surface area contributed by atoms with Gasteiger partial charge in [0.05, 0.1) is 17.3 Å². The summed E-state index contributed by atoms with van der Waals surface area (Å²) < 4.78 is 43.4. The van der Waals surface area contributed by atoms with Crippen LogP contribution in [0.2, 0.25) is 0 Å². The van der Waals surface area contributed by atoms with Gasteiger partial charge in [0, 0.05) is 24.4 Å². The number of carbonyl (C=O) groups is 5. The zero-order valence-corrected chi connectivity index (χ0v) is 25.9. The van der Waals surface area contributed by atoms with Crippen LogP contribution in [0.4, 0.5) is 13.2 Å². The fourth-order valence-electron chi connectivity index (χ4n) is 7.07. The molecule has 2 heterocycles. The highest BCUT2D eigenvalue weighted by Gasteiger charge is 2.76. The number of aliphatic carboxylic acids is 1. The Hall–Kier alpha value is -2.84. The lowest BCUT2D eigenvalue weighted by molar-refractivity contribution is -0.274. The number of alkyl halides is 6. The van der Waals surface area contributed by atoms with Crippen molar-refractivity contribution >= 4 is 68.7 Å². The summed E-state index contributed by atoms with van der Waals surface area (Å²) in [7, 11) is 0. The molecule has 0 aromatic heterocycles. The van der Waals surface area contributed by atoms with Crippen LogP contribution in [-0.2, 0) is 24.0 Å². The maximum Gasteiger partial charge on any atom is 0.573 e. The molecule has 2 saturated heterocycles. The highest BCUT2D eigenvalue weighted by atomic mass is 79.9. The number of rotatable bonds is 9. The van der Waals surface area contributed by atoms with Crippen LogP contribution in [0.15, 0.2) is 29.8 Å². The first-order valence-electron chi connectivity index (χ1n) is 13.7. The summed E-state index contributed by atoms with van der Waals surface area (Å²) in [5, 5.41) is 19.8. The maximum atomic E-state index is 13.8. The second-order valence-corrected chi connectivity index (χ2v) is 13.0. The second kappa shape index (κ2) is 11.5. The van der Waals surface area contributed by atoms with Crippen molar-refractivity contribution in [3.63, 3.8) is 0 Å². The number of ether oxygens (including phenoxy) is 1. The smallest absolute Gasteiger partial charge is 0.508 e. The Labute approximate surface area is 267 Å². The number of unbranched alkanes of at least 4 members (excludes halogenated alkanes) is 2. The minimum absolute atomic E-state index is 0.0269. The van der Waals surface area contributed by atoms with Gasteiger partial charge in [-0.2, -0.15) is 0 Å². The average molecular weight is 726 g/mol. The molecule has 0 unspecified atom stereocenters. The SMILES string of the molecule is O=C(O)CCCCCN1C(=O)[C@H]2[C@H](CC=C3[C@H]2C[C@@]2(Cl)C(=O)N(CBr)C(=O)[C@@]2(Cl)[C@H]3c2cc(OC(F)(F)F)ccc2O)C1=O. The number of hydrogen-bond donors (Lipinski definition) is 2. The Morgan fingerprint density at radius 1 is 1.05 bits per heavy atom. The van der Waals surface area contributed by atoms with Gasteiger partial charge in [-0.3, -0.25) is 33.8 Å². The minimum Gasteiger partial charge on any atom is -0.508 e. The topological polar surface area (TPSA) is 142 Å². The van der Waals surface area contributed by atoms with E-state index in [0.717, 1.165) is 28.0 Å². The highest BCUT2D eigenvalue weighted by Crippen LogP contribution is 2.66. The normalized spacial score (nSPS) is 31.5. The molecule has 0 bridgehead atoms. The molecule has 1 aromatic carbocycles. The molecule has 6 atom stereocenters. The van der Waals surface area contributed by atoms with E-state index in [9.17, 15) is 42.3 Å². The van der Waals surface area contributed by atoms with Crippen LogP contribution in [0.5, 0.6) is 11.5 Å². The summed E-state index contributed by atoms with van der Waals surface area (Å²) >= 11 is 17.2. The van der Waals surface area contributed by atoms with Crippen molar-refractivity contribution in [2.24, 2.45) is 17.8 Å². The Balaban J connectivity index is 1.58. The van der Waals surface area contributed by atoms with Gasteiger partial charge in [-0.15, -0.1) is 36.4 Å². The lowest BCUT2D eigenvalue weighted by atomic mass is 9.56. The number of carbonyl (C=O) groups excluding carboxylic acids is 4. The maximum absolute atomic E-state index is 13.8. The van der Waals surface area contributed by atoms with Crippen molar-refractivity contribution in [1.82, 2.24) is 9.80 Å². The zero-order valence-electron chi connectivity index (χ0n) is 22.8. The molecule has 0 spiro atoms. The van der Waals surface area contributed by atoms with E-state index in [4.69, 9.17) is 28.3 Å². The highest BCUT2D eigenvalue weighted by molar-refractivity contribution is 9.09. The average Bonchev–Trinajstić information content (AvgIpc) is 3.26. The largest absolute Gasteiger partial charge is 0.573 e. The summed E-state index contributed by atoms with van der Waals surface area (Å²) in [4.78, 5) is 62.7. The summed E-state index contributed by atoms with van der Waals surface area (Å²) in [6.45, 7) is 0.0492. The first kappa shape index (κ1) is 32.6. The fraction of sp³-hybridized carbons (Fsp3) is 0.536. The van der Waals surface area contributed by atoms with E-state index in [0.29, 0.717) is 24.8 Å². The van der Waals surface area contributed by atoms with Gasteiger partial charge in [-0.25, -0.2) is 0 Å². The van der Waals surface area contributed by atoms with Gasteiger partial charge in [0.25, 0.3) is 11.8 Å². The van der Waals surface area contributed by atoms with Crippen molar-refractivity contribution in [2.75, 3.05) is 12.0 Å². The first-order valence-corrected chi connectivity index (χ1v) is 15.6. The van der Waals surface area contributed by atoms with Gasteiger partial charge in [-0.1, -0.05) is 34.0 Å². The molecule has 2 N–H and O–H groups in total. The number of fused-ring (bicyclic) bond motifs is 4. The molecule has 0 radical (unpaired) electrons. The number of likely N-dealkylation sites (tertiary alicyclic amines) is 2. The van der Waals surface area contributed by atoms with Gasteiger partial charge in [0.2, 0.25) is 11.8 Å². The van der Waals surface area contributed by atoms with Crippen molar-refractivity contribution < 1.29 is 52.1 Å². The molecule has 2 aliphatic heterocycles. The minimum atomic E-state index is -5.09. The third-order valence-corrected chi connectivity index (χ3v) is 10.8. The predicted octanol–water partition coefficient (Wildman–Crippen LogP) is 4.65. The van der Waals surface area contributed by atoms with Gasteiger partial charge in [-0.05, 0) is 49.8 Å². The van der Waals surface area contributed by atoms with Crippen LogP contribution in [0, 0.1) is 17.8 Å². The summed E-state index contributed by atoms with van der Waals surface area (Å²) in [5.41, 5.74) is -0.281. The quantitative estimate of drug-likeness (QED) is 0.123. The Kier molecular flexibility index (Phi) is 8.51. The number of hydrogen-bond acceptors (Lipinski definition) is 7. The number of halogens is 6. The molecular weight excluding hydrogens is 700 g/mol. The molecule has 3 fully saturated rings. The van der Waals surface area contributed by atoms with Crippen LogP contribution in [0.1, 0.15) is 50.0 Å². The molecule has 10 nitrogen and oxygen atoms in total. The number of phenolic OH excluding ortho intramolecular Hbond substituents is 1. The van der Waals surface area contributed by atoms with E-state index in [-0.39, 0.29) is 36.8 Å². The number of carboxylic acids is 1. The van der Waals surface area contributed by atoms with Crippen LogP contribution in [0.3, 0.4) is 0 Å². The predicted molar refractivity (Wildman–Crippen MR) is 151 cm³/mol. The van der Waals surface area contributed by atoms with E-state index >= 15 is 0 Å². The number of benzene rings is 1. The van der Waals surface area contributed by atoms with Crippen LogP contribution >= 0.6 is 39.1 Å². The van der Waals surface area contributed by atoms with E-state index in [1.54, 1.807) is 6.08 Å². The van der Waals surface area contributed by atoms with Gasteiger partial charge in [0.15, 0.2) is 9.75 Å². The summed E-state index contributed by atoms with van der Waals surface area (Å²) in [6, 6.07) is 2.67. The number of allylic oxidation sites excluding steroid dienone is 2. The number of amides is 4. The molecule has 4 aliphatic rings. The van der Waals surface area contributed by atoms with E-state index in [2.05, 4.69) is 20.7 Å². The van der Waals surface area contributed by atoms with E-state index < -0.39 is 80.9 Å². The lowest BCUT2D eigenvalue weighted by Gasteiger charge is -2.50. The van der Waals surface area contributed by atoms with Crippen molar-refractivity contribution in [2.45, 2.75) is 60.6 Å². The third-order valence-electron chi connectivity index (χ3n) is 8.92. The molecule has 238 valence electrons. The zero-order chi connectivity index (χ0) is 32.4. The Morgan fingerprint density at radius 2 is 1.75 bits per heavy atom. The monoisotopic (exact) mass is 724 g/mol. The molecule has 5 rings (SSSR count). The standard InChI is InChI=1S/C28H26BrCl2F3N2O8/c29-12-36-24(42)26(30)11-17-14(6-7-15-20(17)23(41)35(22(15)40)9-3-1-2-4-19(38)39)21(27(26,31)25(36)43)16-10-13(5-8-18(16)37)44-28(32,33)34/h5-6,8,10,15,17,20-21,37H,1-4,7,9,11-12H2,(H,38,39)/t15-,17+,20-,21+,26+,27-/m0/s1. The molecule has 1 aromatic rings. The molecule has 16 heteroatoms. The number of phenols is 1. The van der Waals surface area contributed by atoms with E-state index in [1.807, 2.05) is 0 Å². The first-order chi connectivity index (χ1) is 20.6. The summed E-state index contributed by atoms with van der Waals surface area (Å²) in [5.74, 6) is -9.32. The molecule has 44 heavy (non-hydrogen) atoms. The lowest BCUT2D eigenvalue weighted by Crippen LogP contribution is -2.60. The second-order valence-electron chi connectivity index (χ2n) is 11.3. The van der Waals surface area contributed by atoms with Crippen LogP contribution in [-0.4, -0.2) is 77.7 Å². The number of imide groups is 2.